The number of ether oxygens (including phenoxy) is 1. The van der Waals surface area contributed by atoms with Crippen molar-refractivity contribution in [2.24, 2.45) is 4.99 Å². The summed E-state index contributed by atoms with van der Waals surface area (Å²) in [6, 6.07) is 0. The highest BCUT2D eigenvalue weighted by Crippen LogP contribution is 2.06. The topological polar surface area (TPSA) is 65.9 Å². The van der Waals surface area contributed by atoms with Crippen LogP contribution in [0.5, 0.6) is 0 Å². The number of guanidine groups is 1. The summed E-state index contributed by atoms with van der Waals surface area (Å²) in [7, 11) is 1.67. The Balaban J connectivity index is 4.15. The van der Waals surface area contributed by atoms with Gasteiger partial charge in [0.1, 0.15) is 0 Å². The molecular formula is C10H23N3O2. The van der Waals surface area contributed by atoms with Gasteiger partial charge < -0.3 is 20.5 Å². The molecule has 0 aromatic carbocycles. The van der Waals surface area contributed by atoms with Gasteiger partial charge in [-0.2, -0.15) is 0 Å². The molecule has 0 atom stereocenters. The first-order chi connectivity index (χ1) is 7.05. The Bertz CT molecular complexity index is 193. The number of aliphatic imine (C=N–C) groups is 1. The summed E-state index contributed by atoms with van der Waals surface area (Å²) in [5, 5.41) is 14.8. The summed E-state index contributed by atoms with van der Waals surface area (Å²) in [5.74, 6) is 0.705. The highest BCUT2D eigenvalue weighted by atomic mass is 16.5. The van der Waals surface area contributed by atoms with Crippen molar-refractivity contribution in [3.63, 3.8) is 0 Å². The third kappa shape index (κ3) is 7.16. The van der Waals surface area contributed by atoms with Crippen LogP contribution in [0.4, 0.5) is 0 Å². The standard InChI is InChI=1S/C10H23N3O2/c1-5-11-9(12-6-7-14)13-8-10(2,3)15-4/h14H,5-8H2,1-4H3,(H2,11,12,13). The van der Waals surface area contributed by atoms with Gasteiger partial charge in [0, 0.05) is 20.2 Å². The van der Waals surface area contributed by atoms with Crippen LogP contribution in [0.1, 0.15) is 20.8 Å². The van der Waals surface area contributed by atoms with Crippen LogP contribution in [-0.4, -0.2) is 50.0 Å². The Morgan fingerprint density at radius 2 is 2.07 bits per heavy atom. The fourth-order valence-electron chi connectivity index (χ4n) is 0.850. The highest BCUT2D eigenvalue weighted by Gasteiger charge is 2.15. The van der Waals surface area contributed by atoms with Crippen LogP contribution in [0.2, 0.25) is 0 Å². The van der Waals surface area contributed by atoms with Crippen molar-refractivity contribution in [2.75, 3.05) is 33.4 Å². The minimum absolute atomic E-state index is 0.0953. The number of aliphatic hydroxyl groups is 1. The molecule has 0 aromatic heterocycles. The molecule has 5 nitrogen and oxygen atoms in total. The average Bonchev–Trinajstić information content (AvgIpc) is 2.22. The molecule has 0 spiro atoms. The third-order valence-electron chi connectivity index (χ3n) is 1.92. The van der Waals surface area contributed by atoms with Crippen molar-refractivity contribution in [3.8, 4) is 0 Å². The summed E-state index contributed by atoms with van der Waals surface area (Å²) in [4.78, 5) is 4.35. The van der Waals surface area contributed by atoms with Gasteiger partial charge in [-0.25, -0.2) is 0 Å². The zero-order chi connectivity index (χ0) is 11.7. The molecule has 0 radical (unpaired) electrons. The largest absolute Gasteiger partial charge is 0.395 e. The normalized spacial score (nSPS) is 12.7. The van der Waals surface area contributed by atoms with E-state index in [4.69, 9.17) is 9.84 Å². The van der Waals surface area contributed by atoms with E-state index in [1.807, 2.05) is 20.8 Å². The van der Waals surface area contributed by atoms with Crippen LogP contribution >= 0.6 is 0 Å². The molecule has 0 aromatic rings. The van der Waals surface area contributed by atoms with E-state index < -0.39 is 0 Å². The number of hydrogen-bond donors (Lipinski definition) is 3. The van der Waals surface area contributed by atoms with Crippen molar-refractivity contribution in [3.05, 3.63) is 0 Å². The SMILES string of the molecule is CCNC(=NCC(C)(C)OC)NCCO. The van der Waals surface area contributed by atoms with E-state index in [-0.39, 0.29) is 12.2 Å². The second-order valence-electron chi connectivity index (χ2n) is 3.81. The predicted molar refractivity (Wildman–Crippen MR) is 62.2 cm³/mol. The van der Waals surface area contributed by atoms with E-state index in [0.717, 1.165) is 6.54 Å². The molecule has 15 heavy (non-hydrogen) atoms. The number of nitrogens with zero attached hydrogens (tertiary/aromatic N) is 1. The van der Waals surface area contributed by atoms with Gasteiger partial charge in [0.15, 0.2) is 5.96 Å². The van der Waals surface area contributed by atoms with Gasteiger partial charge >= 0.3 is 0 Å². The zero-order valence-electron chi connectivity index (χ0n) is 10.1. The summed E-state index contributed by atoms with van der Waals surface area (Å²) in [5.41, 5.74) is -0.262. The molecule has 0 saturated heterocycles. The van der Waals surface area contributed by atoms with Crippen LogP contribution in [0.15, 0.2) is 4.99 Å². The third-order valence-corrected chi connectivity index (χ3v) is 1.92. The fraction of sp³-hybridized carbons (Fsp3) is 0.900. The maximum atomic E-state index is 8.69. The quantitative estimate of drug-likeness (QED) is 0.431. The molecule has 0 aliphatic rings. The lowest BCUT2D eigenvalue weighted by Crippen LogP contribution is -2.40. The first kappa shape index (κ1) is 14.2. The number of methoxy groups -OCH3 is 1. The first-order valence-electron chi connectivity index (χ1n) is 5.24. The Kier molecular flexibility index (Phi) is 7.07. The predicted octanol–water partition coefficient (Wildman–Crippen LogP) is -0.0412. The Morgan fingerprint density at radius 3 is 2.53 bits per heavy atom. The number of aliphatic hydroxyl groups excluding tert-OH is 1. The molecule has 0 unspecified atom stereocenters. The Hall–Kier alpha value is -0.810. The molecule has 0 bridgehead atoms. The van der Waals surface area contributed by atoms with E-state index in [1.165, 1.54) is 0 Å². The van der Waals surface area contributed by atoms with Crippen molar-refractivity contribution >= 4 is 5.96 Å². The highest BCUT2D eigenvalue weighted by molar-refractivity contribution is 5.79. The first-order valence-corrected chi connectivity index (χ1v) is 5.24. The molecule has 90 valence electrons. The molecule has 0 heterocycles. The molecule has 0 amide bonds. The smallest absolute Gasteiger partial charge is 0.191 e. The number of rotatable bonds is 6. The Morgan fingerprint density at radius 1 is 1.40 bits per heavy atom. The van der Waals surface area contributed by atoms with E-state index in [2.05, 4.69) is 15.6 Å². The van der Waals surface area contributed by atoms with Crippen molar-refractivity contribution in [2.45, 2.75) is 26.4 Å². The van der Waals surface area contributed by atoms with Crippen LogP contribution in [0.3, 0.4) is 0 Å². The van der Waals surface area contributed by atoms with Gasteiger partial charge in [0.25, 0.3) is 0 Å². The lowest BCUT2D eigenvalue weighted by Gasteiger charge is -2.21. The second kappa shape index (κ2) is 7.48. The lowest BCUT2D eigenvalue weighted by molar-refractivity contribution is 0.0310. The second-order valence-corrected chi connectivity index (χ2v) is 3.81. The van der Waals surface area contributed by atoms with Crippen LogP contribution < -0.4 is 10.6 Å². The van der Waals surface area contributed by atoms with Crippen molar-refractivity contribution < 1.29 is 9.84 Å². The minimum Gasteiger partial charge on any atom is -0.395 e. The van der Waals surface area contributed by atoms with Gasteiger partial charge in [0.2, 0.25) is 0 Å². The monoisotopic (exact) mass is 217 g/mol. The van der Waals surface area contributed by atoms with E-state index in [0.29, 0.717) is 19.0 Å². The Labute approximate surface area is 91.9 Å². The molecule has 5 heteroatoms. The van der Waals surface area contributed by atoms with E-state index in [9.17, 15) is 0 Å². The van der Waals surface area contributed by atoms with E-state index in [1.54, 1.807) is 7.11 Å². The number of hydrogen-bond acceptors (Lipinski definition) is 3. The summed E-state index contributed by atoms with van der Waals surface area (Å²) >= 11 is 0. The molecule has 0 aliphatic carbocycles. The maximum absolute atomic E-state index is 8.69. The van der Waals surface area contributed by atoms with Gasteiger partial charge in [-0.15, -0.1) is 0 Å². The molecule has 0 rings (SSSR count). The van der Waals surface area contributed by atoms with Gasteiger partial charge in [-0.3, -0.25) is 4.99 Å². The average molecular weight is 217 g/mol. The maximum Gasteiger partial charge on any atom is 0.191 e. The minimum atomic E-state index is -0.262. The van der Waals surface area contributed by atoms with Crippen LogP contribution in [0.25, 0.3) is 0 Å². The van der Waals surface area contributed by atoms with Gasteiger partial charge in [-0.1, -0.05) is 0 Å². The summed E-state index contributed by atoms with van der Waals surface area (Å²) in [6.07, 6.45) is 0. The summed E-state index contributed by atoms with van der Waals surface area (Å²) in [6.45, 7) is 7.92. The van der Waals surface area contributed by atoms with E-state index >= 15 is 0 Å². The number of nitrogens with one attached hydrogen (secondary N) is 2. The zero-order valence-corrected chi connectivity index (χ0v) is 10.1. The molecule has 3 N–H and O–H groups in total. The van der Waals surface area contributed by atoms with Crippen LogP contribution in [0, 0.1) is 0 Å². The fourth-order valence-corrected chi connectivity index (χ4v) is 0.850. The van der Waals surface area contributed by atoms with Crippen LogP contribution in [-0.2, 0) is 4.74 Å². The summed E-state index contributed by atoms with van der Waals surface area (Å²) < 4.78 is 5.26. The molecule has 0 saturated carbocycles. The molecule has 0 fully saturated rings. The lowest BCUT2D eigenvalue weighted by atomic mass is 10.1. The van der Waals surface area contributed by atoms with Gasteiger partial charge in [-0.05, 0) is 20.8 Å². The van der Waals surface area contributed by atoms with Gasteiger partial charge in [0.05, 0.1) is 18.8 Å². The molecule has 0 aliphatic heterocycles. The van der Waals surface area contributed by atoms with Crippen molar-refractivity contribution in [1.29, 1.82) is 0 Å². The van der Waals surface area contributed by atoms with Crippen molar-refractivity contribution in [1.82, 2.24) is 10.6 Å². The molecular weight excluding hydrogens is 194 g/mol.